The molecule has 1 aliphatic carbocycles. The summed E-state index contributed by atoms with van der Waals surface area (Å²) in [6, 6.07) is 9.50. The molecule has 0 saturated carbocycles. The molecule has 21 heavy (non-hydrogen) atoms. The van der Waals surface area contributed by atoms with Crippen molar-refractivity contribution in [2.45, 2.75) is 51.1 Å². The van der Waals surface area contributed by atoms with Crippen LogP contribution in [-0.4, -0.2) is 36.5 Å². The van der Waals surface area contributed by atoms with Crippen LogP contribution in [0.25, 0.3) is 0 Å². The van der Waals surface area contributed by atoms with Crippen molar-refractivity contribution >= 4 is 5.91 Å². The van der Waals surface area contributed by atoms with Crippen LogP contribution in [0, 0.1) is 5.92 Å². The van der Waals surface area contributed by atoms with E-state index in [0.717, 1.165) is 38.6 Å². The number of rotatable bonds is 2. The Morgan fingerprint density at radius 2 is 2.00 bits per heavy atom. The Morgan fingerprint density at radius 1 is 1.24 bits per heavy atom. The first kappa shape index (κ1) is 14.6. The number of carbonyl (C=O) groups is 1. The number of benzene rings is 1. The van der Waals surface area contributed by atoms with Gasteiger partial charge < -0.3 is 10.2 Å². The van der Waals surface area contributed by atoms with E-state index in [2.05, 4.69) is 36.5 Å². The molecule has 3 heteroatoms. The highest BCUT2D eigenvalue weighted by molar-refractivity contribution is 5.79. The highest BCUT2D eigenvalue weighted by atomic mass is 16.2. The molecule has 3 rings (SSSR count). The van der Waals surface area contributed by atoms with Gasteiger partial charge in [-0.15, -0.1) is 0 Å². The molecule has 114 valence electrons. The van der Waals surface area contributed by atoms with Crippen molar-refractivity contribution < 1.29 is 4.79 Å². The van der Waals surface area contributed by atoms with Gasteiger partial charge in [0, 0.05) is 25.0 Å². The van der Waals surface area contributed by atoms with Gasteiger partial charge in [-0.2, -0.15) is 0 Å². The lowest BCUT2D eigenvalue weighted by molar-refractivity contribution is -0.137. The zero-order valence-corrected chi connectivity index (χ0v) is 13.1. The molecule has 1 saturated heterocycles. The number of amides is 1. The lowest BCUT2D eigenvalue weighted by Crippen LogP contribution is -2.47. The number of fused-ring (bicyclic) bond motifs is 1. The number of carbonyl (C=O) groups excluding carboxylic acids is 1. The molecule has 1 heterocycles. The van der Waals surface area contributed by atoms with E-state index < -0.39 is 0 Å². The molecule has 1 fully saturated rings. The molecule has 0 radical (unpaired) electrons. The summed E-state index contributed by atoms with van der Waals surface area (Å²) >= 11 is 0. The molecule has 1 aromatic carbocycles. The average Bonchev–Trinajstić information content (AvgIpc) is 2.53. The summed E-state index contributed by atoms with van der Waals surface area (Å²) in [6.45, 7) is 3.15. The summed E-state index contributed by atoms with van der Waals surface area (Å²) in [6.07, 6.45) is 5.17. The Balaban J connectivity index is 1.66. The molecule has 1 amide bonds. The third kappa shape index (κ3) is 3.13. The highest BCUT2D eigenvalue weighted by Gasteiger charge is 2.31. The number of aryl methyl sites for hydroxylation is 1. The number of nitrogens with zero attached hydrogens (tertiary/aromatic N) is 1. The molecule has 1 N–H and O–H groups in total. The normalized spacial score (nSPS) is 28.8. The SMILES string of the molecule is C[C@H]1C[C@@H](C(=O)N(C)C2CCc3ccccc3C2)CCN1. The Hall–Kier alpha value is -1.35. The molecular formula is C18H26N2O. The second kappa shape index (κ2) is 6.18. The Bertz CT molecular complexity index is 514. The van der Waals surface area contributed by atoms with E-state index >= 15 is 0 Å². The van der Waals surface area contributed by atoms with Crippen LogP contribution in [0.4, 0.5) is 0 Å². The van der Waals surface area contributed by atoms with E-state index in [-0.39, 0.29) is 5.92 Å². The van der Waals surface area contributed by atoms with Crippen molar-refractivity contribution in [1.82, 2.24) is 10.2 Å². The van der Waals surface area contributed by atoms with Gasteiger partial charge >= 0.3 is 0 Å². The zero-order valence-electron chi connectivity index (χ0n) is 13.1. The molecule has 3 atom stereocenters. The number of likely N-dealkylation sites (N-methyl/N-ethyl adjacent to an activating group) is 1. The van der Waals surface area contributed by atoms with Crippen LogP contribution < -0.4 is 5.32 Å². The summed E-state index contributed by atoms with van der Waals surface area (Å²) < 4.78 is 0. The van der Waals surface area contributed by atoms with Crippen LogP contribution >= 0.6 is 0 Å². The summed E-state index contributed by atoms with van der Waals surface area (Å²) in [7, 11) is 2.01. The van der Waals surface area contributed by atoms with Gasteiger partial charge in [0.25, 0.3) is 0 Å². The van der Waals surface area contributed by atoms with Crippen LogP contribution in [0.1, 0.15) is 37.3 Å². The second-order valence-electron chi connectivity index (χ2n) is 6.69. The lowest BCUT2D eigenvalue weighted by Gasteiger charge is -2.36. The predicted molar refractivity (Wildman–Crippen MR) is 85.2 cm³/mol. The fourth-order valence-corrected chi connectivity index (χ4v) is 3.83. The quantitative estimate of drug-likeness (QED) is 0.905. The summed E-state index contributed by atoms with van der Waals surface area (Å²) in [5, 5.41) is 3.43. The third-order valence-electron chi connectivity index (χ3n) is 5.19. The molecule has 0 aromatic heterocycles. The fraction of sp³-hybridized carbons (Fsp3) is 0.611. The molecule has 0 bridgehead atoms. The average molecular weight is 286 g/mol. The van der Waals surface area contributed by atoms with Crippen molar-refractivity contribution in [2.75, 3.05) is 13.6 Å². The maximum absolute atomic E-state index is 12.8. The van der Waals surface area contributed by atoms with E-state index in [9.17, 15) is 4.79 Å². The van der Waals surface area contributed by atoms with Crippen molar-refractivity contribution in [3.8, 4) is 0 Å². The fourth-order valence-electron chi connectivity index (χ4n) is 3.83. The third-order valence-corrected chi connectivity index (χ3v) is 5.19. The van der Waals surface area contributed by atoms with Crippen molar-refractivity contribution in [2.24, 2.45) is 5.92 Å². The first-order valence-electron chi connectivity index (χ1n) is 8.22. The Kier molecular flexibility index (Phi) is 4.29. The minimum absolute atomic E-state index is 0.212. The van der Waals surface area contributed by atoms with Gasteiger partial charge in [0.05, 0.1) is 0 Å². The first-order valence-corrected chi connectivity index (χ1v) is 8.22. The summed E-state index contributed by atoms with van der Waals surface area (Å²) in [5.41, 5.74) is 2.89. The van der Waals surface area contributed by atoms with Gasteiger partial charge in [0.15, 0.2) is 0 Å². The Morgan fingerprint density at radius 3 is 2.76 bits per heavy atom. The van der Waals surface area contributed by atoms with E-state index in [1.807, 2.05) is 11.9 Å². The van der Waals surface area contributed by atoms with Crippen LogP contribution in [0.3, 0.4) is 0 Å². The minimum Gasteiger partial charge on any atom is -0.342 e. The minimum atomic E-state index is 0.212. The lowest BCUT2D eigenvalue weighted by atomic mass is 9.86. The molecule has 1 aromatic rings. The van der Waals surface area contributed by atoms with Gasteiger partial charge in [-0.25, -0.2) is 0 Å². The van der Waals surface area contributed by atoms with Gasteiger partial charge in [0.2, 0.25) is 5.91 Å². The van der Waals surface area contributed by atoms with Gasteiger partial charge in [-0.3, -0.25) is 4.79 Å². The smallest absolute Gasteiger partial charge is 0.225 e. The van der Waals surface area contributed by atoms with Crippen molar-refractivity contribution in [1.29, 1.82) is 0 Å². The predicted octanol–water partition coefficient (Wildman–Crippen LogP) is 2.39. The van der Waals surface area contributed by atoms with Crippen LogP contribution in [-0.2, 0) is 17.6 Å². The topological polar surface area (TPSA) is 32.3 Å². The highest BCUT2D eigenvalue weighted by Crippen LogP contribution is 2.26. The second-order valence-corrected chi connectivity index (χ2v) is 6.69. The van der Waals surface area contributed by atoms with Crippen LogP contribution in [0.2, 0.25) is 0 Å². The zero-order chi connectivity index (χ0) is 14.8. The Labute approximate surface area is 127 Å². The number of nitrogens with one attached hydrogen (secondary N) is 1. The summed E-state index contributed by atoms with van der Waals surface area (Å²) in [5.74, 6) is 0.566. The maximum Gasteiger partial charge on any atom is 0.225 e. The van der Waals surface area contributed by atoms with E-state index in [1.165, 1.54) is 11.1 Å². The molecular weight excluding hydrogens is 260 g/mol. The molecule has 3 nitrogen and oxygen atoms in total. The van der Waals surface area contributed by atoms with E-state index in [1.54, 1.807) is 0 Å². The molecule has 2 aliphatic rings. The van der Waals surface area contributed by atoms with Crippen LogP contribution in [0.15, 0.2) is 24.3 Å². The van der Waals surface area contributed by atoms with Gasteiger partial charge in [-0.05, 0) is 56.7 Å². The van der Waals surface area contributed by atoms with Crippen LogP contribution in [0.5, 0.6) is 0 Å². The first-order chi connectivity index (χ1) is 10.1. The standard InChI is InChI=1S/C18H26N2O/c1-13-11-16(9-10-19-13)18(21)20(2)17-8-7-14-5-3-4-6-15(14)12-17/h3-6,13,16-17,19H,7-12H2,1-2H3/t13-,16-,17?/m0/s1. The van der Waals surface area contributed by atoms with E-state index in [0.29, 0.717) is 18.0 Å². The number of piperidine rings is 1. The van der Waals surface area contributed by atoms with Crippen molar-refractivity contribution in [3.05, 3.63) is 35.4 Å². The monoisotopic (exact) mass is 286 g/mol. The largest absolute Gasteiger partial charge is 0.342 e. The molecule has 1 unspecified atom stereocenters. The van der Waals surface area contributed by atoms with E-state index in [4.69, 9.17) is 0 Å². The maximum atomic E-state index is 12.8. The molecule has 0 spiro atoms. The number of hydrogen-bond donors (Lipinski definition) is 1. The molecule has 1 aliphatic heterocycles. The van der Waals surface area contributed by atoms with Gasteiger partial charge in [-0.1, -0.05) is 24.3 Å². The van der Waals surface area contributed by atoms with Gasteiger partial charge in [0.1, 0.15) is 0 Å². The summed E-state index contributed by atoms with van der Waals surface area (Å²) in [4.78, 5) is 14.8. The number of hydrogen-bond acceptors (Lipinski definition) is 2. The van der Waals surface area contributed by atoms with Crippen molar-refractivity contribution in [3.63, 3.8) is 0 Å².